The standard InChI is InChI=1S/C16H15ClN2O4S2/c1-19-12-8-13(22-2)14(23-3)9-15(12)24-16(19)18-25(20,21)11-6-4-10(17)5-7-11/h4-9H,1-3H3/b18-16-. The fourth-order valence-electron chi connectivity index (χ4n) is 2.31. The Morgan fingerprint density at radius 3 is 2.28 bits per heavy atom. The number of ether oxygens (including phenoxy) is 2. The van der Waals surface area contributed by atoms with E-state index in [0.717, 1.165) is 10.2 Å². The molecule has 9 heteroatoms. The van der Waals surface area contributed by atoms with E-state index in [2.05, 4.69) is 4.40 Å². The zero-order valence-corrected chi connectivity index (χ0v) is 16.1. The van der Waals surface area contributed by atoms with Crippen molar-refractivity contribution < 1.29 is 17.9 Å². The van der Waals surface area contributed by atoms with Gasteiger partial charge in [0.15, 0.2) is 11.5 Å². The number of aryl methyl sites for hydroxylation is 1. The summed E-state index contributed by atoms with van der Waals surface area (Å²) in [6.07, 6.45) is 0. The number of benzene rings is 2. The van der Waals surface area contributed by atoms with Gasteiger partial charge in [-0.3, -0.25) is 0 Å². The Bertz CT molecular complexity index is 1100. The summed E-state index contributed by atoms with van der Waals surface area (Å²) in [5, 5.41) is 0.463. The van der Waals surface area contributed by atoms with E-state index in [9.17, 15) is 8.42 Å². The number of methoxy groups -OCH3 is 2. The smallest absolute Gasteiger partial charge is 0.285 e. The fourth-order valence-corrected chi connectivity index (χ4v) is 4.69. The van der Waals surface area contributed by atoms with Crippen LogP contribution in [0, 0.1) is 0 Å². The SMILES string of the molecule is COc1cc2s/c(=N\S(=O)(=O)c3ccc(Cl)cc3)n(C)c2cc1OC. The normalized spacial score (nSPS) is 12.6. The van der Waals surface area contributed by atoms with Crippen LogP contribution >= 0.6 is 22.9 Å². The molecule has 0 radical (unpaired) electrons. The first-order valence-corrected chi connectivity index (χ1v) is 9.77. The van der Waals surface area contributed by atoms with E-state index in [1.165, 1.54) is 35.6 Å². The maximum Gasteiger partial charge on any atom is 0.285 e. The van der Waals surface area contributed by atoms with Gasteiger partial charge in [0, 0.05) is 24.2 Å². The Kier molecular flexibility index (Phi) is 4.77. The number of halogens is 1. The van der Waals surface area contributed by atoms with E-state index in [1.54, 1.807) is 38.0 Å². The minimum atomic E-state index is -3.84. The van der Waals surface area contributed by atoms with Crippen molar-refractivity contribution in [1.29, 1.82) is 0 Å². The van der Waals surface area contributed by atoms with Crippen LogP contribution in [0.3, 0.4) is 0 Å². The van der Waals surface area contributed by atoms with Gasteiger partial charge < -0.3 is 14.0 Å². The van der Waals surface area contributed by atoms with Crippen LogP contribution in [0.1, 0.15) is 0 Å². The molecule has 0 bridgehead atoms. The predicted octanol–water partition coefficient (Wildman–Crippen LogP) is 3.20. The van der Waals surface area contributed by atoms with Crippen LogP contribution in [-0.4, -0.2) is 27.2 Å². The second kappa shape index (κ2) is 6.70. The van der Waals surface area contributed by atoms with Crippen molar-refractivity contribution in [1.82, 2.24) is 4.57 Å². The molecule has 0 amide bonds. The summed E-state index contributed by atoms with van der Waals surface area (Å²) in [5.41, 5.74) is 0.799. The Morgan fingerprint density at radius 1 is 1.08 bits per heavy atom. The molecule has 0 aliphatic heterocycles. The van der Waals surface area contributed by atoms with Crippen LogP contribution in [-0.2, 0) is 17.1 Å². The van der Waals surface area contributed by atoms with Crippen molar-refractivity contribution >= 4 is 43.2 Å². The van der Waals surface area contributed by atoms with Crippen molar-refractivity contribution in [3.05, 3.63) is 46.2 Å². The minimum absolute atomic E-state index is 0.0875. The van der Waals surface area contributed by atoms with Gasteiger partial charge in [0.2, 0.25) is 4.80 Å². The first kappa shape index (κ1) is 17.8. The third-order valence-electron chi connectivity index (χ3n) is 3.62. The van der Waals surface area contributed by atoms with Gasteiger partial charge in [0.25, 0.3) is 10.0 Å². The lowest BCUT2D eigenvalue weighted by Crippen LogP contribution is -2.13. The largest absolute Gasteiger partial charge is 0.493 e. The van der Waals surface area contributed by atoms with E-state index in [0.29, 0.717) is 21.3 Å². The first-order chi connectivity index (χ1) is 11.9. The summed E-state index contributed by atoms with van der Waals surface area (Å²) in [6.45, 7) is 0. The molecule has 0 N–H and O–H groups in total. The van der Waals surface area contributed by atoms with E-state index in [1.807, 2.05) is 0 Å². The summed E-state index contributed by atoms with van der Waals surface area (Å²) in [5.74, 6) is 1.14. The van der Waals surface area contributed by atoms with Crippen LogP contribution in [0.2, 0.25) is 5.02 Å². The van der Waals surface area contributed by atoms with Crippen molar-refractivity contribution in [3.8, 4) is 11.5 Å². The number of nitrogens with zero attached hydrogens (tertiary/aromatic N) is 2. The molecule has 6 nitrogen and oxygen atoms in total. The number of fused-ring (bicyclic) bond motifs is 1. The predicted molar refractivity (Wildman–Crippen MR) is 98.1 cm³/mol. The van der Waals surface area contributed by atoms with Crippen LogP contribution in [0.15, 0.2) is 45.7 Å². The molecule has 0 atom stereocenters. The highest BCUT2D eigenvalue weighted by molar-refractivity contribution is 7.90. The highest BCUT2D eigenvalue weighted by Crippen LogP contribution is 2.33. The van der Waals surface area contributed by atoms with Crippen molar-refractivity contribution in [2.24, 2.45) is 11.4 Å². The lowest BCUT2D eigenvalue weighted by atomic mass is 10.3. The Balaban J connectivity index is 2.19. The lowest BCUT2D eigenvalue weighted by Gasteiger charge is -2.07. The molecule has 1 aromatic heterocycles. The Hall–Kier alpha value is -2.03. The second-order valence-corrected chi connectivity index (χ2v) is 8.19. The highest BCUT2D eigenvalue weighted by atomic mass is 35.5. The molecule has 0 saturated carbocycles. The molecule has 132 valence electrons. The monoisotopic (exact) mass is 398 g/mol. The zero-order chi connectivity index (χ0) is 18.2. The molecule has 2 aromatic carbocycles. The highest BCUT2D eigenvalue weighted by Gasteiger charge is 2.15. The molecule has 0 saturated heterocycles. The van der Waals surface area contributed by atoms with Gasteiger partial charge in [-0.1, -0.05) is 22.9 Å². The van der Waals surface area contributed by atoms with E-state index < -0.39 is 10.0 Å². The molecule has 25 heavy (non-hydrogen) atoms. The molecule has 0 aliphatic carbocycles. The number of hydrogen-bond acceptors (Lipinski definition) is 5. The summed E-state index contributed by atoms with van der Waals surface area (Å²) in [7, 11) is 1.01. The van der Waals surface area contributed by atoms with Crippen molar-refractivity contribution in [3.63, 3.8) is 0 Å². The van der Waals surface area contributed by atoms with Crippen molar-refractivity contribution in [2.45, 2.75) is 4.90 Å². The molecule has 0 aliphatic rings. The summed E-state index contributed by atoms with van der Waals surface area (Å²) < 4.78 is 42.1. The number of thiazole rings is 1. The number of hydrogen-bond donors (Lipinski definition) is 0. The maximum absolute atomic E-state index is 12.5. The van der Waals surface area contributed by atoms with E-state index >= 15 is 0 Å². The van der Waals surface area contributed by atoms with Gasteiger partial charge in [-0.25, -0.2) is 0 Å². The molecule has 3 rings (SSSR count). The first-order valence-electron chi connectivity index (χ1n) is 7.14. The third-order valence-corrected chi connectivity index (χ3v) is 6.37. The van der Waals surface area contributed by atoms with Crippen LogP contribution in [0.25, 0.3) is 10.2 Å². The molecule has 0 unspecified atom stereocenters. The molecule has 1 heterocycles. The topological polar surface area (TPSA) is 69.9 Å². The molecular weight excluding hydrogens is 384 g/mol. The molecular formula is C16H15ClN2O4S2. The third kappa shape index (κ3) is 3.37. The van der Waals surface area contributed by atoms with Gasteiger partial charge in [0.1, 0.15) is 0 Å². The number of sulfonamides is 1. The summed E-state index contributed by atoms with van der Waals surface area (Å²) >= 11 is 7.06. The van der Waals surface area contributed by atoms with Gasteiger partial charge >= 0.3 is 0 Å². The minimum Gasteiger partial charge on any atom is -0.493 e. The van der Waals surface area contributed by atoms with Crippen LogP contribution < -0.4 is 14.3 Å². The van der Waals surface area contributed by atoms with Gasteiger partial charge in [-0.2, -0.15) is 8.42 Å². The quantitative estimate of drug-likeness (QED) is 0.676. The summed E-state index contributed by atoms with van der Waals surface area (Å²) in [6, 6.07) is 9.49. The van der Waals surface area contributed by atoms with Gasteiger partial charge in [-0.15, -0.1) is 4.40 Å². The zero-order valence-electron chi connectivity index (χ0n) is 13.7. The van der Waals surface area contributed by atoms with Crippen LogP contribution in [0.5, 0.6) is 11.5 Å². The molecule has 0 fully saturated rings. The second-order valence-electron chi connectivity index (χ2n) is 5.14. The van der Waals surface area contributed by atoms with Crippen LogP contribution in [0.4, 0.5) is 0 Å². The Morgan fingerprint density at radius 2 is 1.68 bits per heavy atom. The maximum atomic E-state index is 12.5. The van der Waals surface area contributed by atoms with E-state index in [4.69, 9.17) is 21.1 Å². The van der Waals surface area contributed by atoms with Crippen molar-refractivity contribution in [2.75, 3.05) is 14.2 Å². The molecule has 0 spiro atoms. The fraction of sp³-hybridized carbons (Fsp3) is 0.188. The van der Waals surface area contributed by atoms with Gasteiger partial charge in [-0.05, 0) is 24.3 Å². The number of aromatic nitrogens is 1. The summed E-state index contributed by atoms with van der Waals surface area (Å²) in [4.78, 5) is 0.435. The average Bonchev–Trinajstić information content (AvgIpc) is 2.88. The lowest BCUT2D eigenvalue weighted by molar-refractivity contribution is 0.356. The van der Waals surface area contributed by atoms with Gasteiger partial charge in [0.05, 0.1) is 29.3 Å². The average molecular weight is 399 g/mol. The molecule has 3 aromatic rings. The van der Waals surface area contributed by atoms with E-state index in [-0.39, 0.29) is 4.90 Å². The Labute approximate surface area is 154 Å². The number of rotatable bonds is 4.